The Balaban J connectivity index is 2.23. The molecule has 1 unspecified atom stereocenters. The second kappa shape index (κ2) is 5.10. The molecular weight excluding hydrogens is 198 g/mol. The number of benzene rings is 2. The minimum absolute atomic E-state index is 0.110. The largest absolute Gasteiger partial charge is 0.372 e. The summed E-state index contributed by atoms with van der Waals surface area (Å²) in [5, 5.41) is 2.51. The van der Waals surface area contributed by atoms with Gasteiger partial charge >= 0.3 is 0 Å². The quantitative estimate of drug-likeness (QED) is 0.851. The minimum Gasteiger partial charge on any atom is -0.372 e. The van der Waals surface area contributed by atoms with Crippen LogP contribution in [0.15, 0.2) is 42.5 Å². The molecule has 0 radical (unpaired) electrons. The SMILES string of the molecule is CC(CN)OCc1cccc2ccccc12. The molecule has 0 aliphatic carbocycles. The first-order valence-electron chi connectivity index (χ1n) is 5.59. The zero-order chi connectivity index (χ0) is 11.4. The molecule has 2 heteroatoms. The highest BCUT2D eigenvalue weighted by Gasteiger charge is 2.03. The van der Waals surface area contributed by atoms with Crippen molar-refractivity contribution in [2.24, 2.45) is 5.73 Å². The number of fused-ring (bicyclic) bond motifs is 1. The van der Waals surface area contributed by atoms with Crippen LogP contribution in [0.3, 0.4) is 0 Å². The lowest BCUT2D eigenvalue weighted by Gasteiger charge is -2.12. The molecule has 0 aromatic heterocycles. The number of nitrogens with two attached hydrogens (primary N) is 1. The van der Waals surface area contributed by atoms with Crippen LogP contribution in [-0.4, -0.2) is 12.6 Å². The van der Waals surface area contributed by atoms with Gasteiger partial charge in [-0.15, -0.1) is 0 Å². The van der Waals surface area contributed by atoms with E-state index >= 15 is 0 Å². The topological polar surface area (TPSA) is 35.2 Å². The van der Waals surface area contributed by atoms with Gasteiger partial charge in [0.25, 0.3) is 0 Å². The molecule has 0 saturated heterocycles. The predicted octanol–water partition coefficient (Wildman–Crippen LogP) is 2.70. The van der Waals surface area contributed by atoms with Crippen LogP contribution < -0.4 is 5.73 Å². The van der Waals surface area contributed by atoms with Gasteiger partial charge in [-0.1, -0.05) is 42.5 Å². The first-order valence-corrected chi connectivity index (χ1v) is 5.59. The normalized spacial score (nSPS) is 12.9. The van der Waals surface area contributed by atoms with Crippen molar-refractivity contribution < 1.29 is 4.74 Å². The first kappa shape index (κ1) is 11.1. The lowest BCUT2D eigenvalue weighted by Crippen LogP contribution is -2.19. The van der Waals surface area contributed by atoms with Gasteiger partial charge < -0.3 is 10.5 Å². The van der Waals surface area contributed by atoms with Crippen LogP contribution in [0.5, 0.6) is 0 Å². The molecule has 0 aliphatic rings. The van der Waals surface area contributed by atoms with Crippen molar-refractivity contribution in [3.8, 4) is 0 Å². The molecule has 2 nitrogen and oxygen atoms in total. The van der Waals surface area contributed by atoms with Gasteiger partial charge in [0.1, 0.15) is 0 Å². The monoisotopic (exact) mass is 215 g/mol. The zero-order valence-electron chi connectivity index (χ0n) is 9.52. The van der Waals surface area contributed by atoms with Gasteiger partial charge in [-0.05, 0) is 23.3 Å². The van der Waals surface area contributed by atoms with Crippen LogP contribution in [0, 0.1) is 0 Å². The van der Waals surface area contributed by atoms with Crippen molar-refractivity contribution in [2.75, 3.05) is 6.54 Å². The summed E-state index contributed by atoms with van der Waals surface area (Å²) >= 11 is 0. The number of hydrogen-bond acceptors (Lipinski definition) is 2. The Bertz CT molecular complexity index is 462. The van der Waals surface area contributed by atoms with E-state index in [1.165, 1.54) is 16.3 Å². The maximum atomic E-state index is 5.66. The van der Waals surface area contributed by atoms with E-state index in [2.05, 4.69) is 42.5 Å². The zero-order valence-corrected chi connectivity index (χ0v) is 9.52. The third-order valence-corrected chi connectivity index (χ3v) is 2.74. The van der Waals surface area contributed by atoms with E-state index in [9.17, 15) is 0 Å². The lowest BCUT2D eigenvalue weighted by atomic mass is 10.1. The van der Waals surface area contributed by atoms with E-state index < -0.39 is 0 Å². The maximum Gasteiger partial charge on any atom is 0.0727 e. The standard InChI is InChI=1S/C14H17NO/c1-11(9-15)16-10-13-7-4-6-12-5-2-3-8-14(12)13/h2-8,11H,9-10,15H2,1H3. The average Bonchev–Trinajstić information content (AvgIpc) is 2.35. The summed E-state index contributed by atoms with van der Waals surface area (Å²) in [7, 11) is 0. The number of hydrogen-bond donors (Lipinski definition) is 1. The van der Waals surface area contributed by atoms with Crippen molar-refractivity contribution in [2.45, 2.75) is 19.6 Å². The fraction of sp³-hybridized carbons (Fsp3) is 0.286. The van der Waals surface area contributed by atoms with Crippen molar-refractivity contribution in [1.82, 2.24) is 0 Å². The van der Waals surface area contributed by atoms with Crippen molar-refractivity contribution in [1.29, 1.82) is 0 Å². The fourth-order valence-corrected chi connectivity index (χ4v) is 1.72. The second-order valence-electron chi connectivity index (χ2n) is 4.00. The van der Waals surface area contributed by atoms with Crippen LogP contribution in [0.4, 0.5) is 0 Å². The molecule has 0 fully saturated rings. The Morgan fingerprint density at radius 1 is 1.12 bits per heavy atom. The molecule has 2 aromatic rings. The maximum absolute atomic E-state index is 5.66. The predicted molar refractivity (Wildman–Crippen MR) is 67.3 cm³/mol. The molecule has 2 aromatic carbocycles. The average molecular weight is 215 g/mol. The molecule has 0 saturated carbocycles. The molecule has 0 aliphatic heterocycles. The molecule has 84 valence electrons. The van der Waals surface area contributed by atoms with Gasteiger partial charge in [0.05, 0.1) is 12.7 Å². The van der Waals surface area contributed by atoms with Crippen LogP contribution in [-0.2, 0) is 11.3 Å². The molecule has 0 bridgehead atoms. The van der Waals surface area contributed by atoms with Crippen molar-refractivity contribution in [3.63, 3.8) is 0 Å². The van der Waals surface area contributed by atoms with Gasteiger partial charge in [0, 0.05) is 6.54 Å². The third kappa shape index (κ3) is 2.40. The number of ether oxygens (including phenoxy) is 1. The Morgan fingerprint density at radius 3 is 2.69 bits per heavy atom. The van der Waals surface area contributed by atoms with Crippen LogP contribution in [0.1, 0.15) is 12.5 Å². The van der Waals surface area contributed by atoms with Gasteiger partial charge in [0.2, 0.25) is 0 Å². The van der Waals surface area contributed by atoms with E-state index in [0.29, 0.717) is 13.2 Å². The summed E-state index contributed by atoms with van der Waals surface area (Å²) in [6.45, 7) is 3.18. The Hall–Kier alpha value is -1.38. The lowest BCUT2D eigenvalue weighted by molar-refractivity contribution is 0.0597. The highest BCUT2D eigenvalue weighted by atomic mass is 16.5. The second-order valence-corrected chi connectivity index (χ2v) is 4.00. The molecule has 1 atom stereocenters. The van der Waals surface area contributed by atoms with E-state index in [0.717, 1.165) is 0 Å². The molecule has 2 rings (SSSR count). The molecule has 0 spiro atoms. The Labute approximate surface area is 96.0 Å². The van der Waals surface area contributed by atoms with Crippen molar-refractivity contribution >= 4 is 10.8 Å². The van der Waals surface area contributed by atoms with Crippen LogP contribution >= 0.6 is 0 Å². The van der Waals surface area contributed by atoms with E-state index in [1.54, 1.807) is 0 Å². The van der Waals surface area contributed by atoms with Gasteiger partial charge in [-0.2, -0.15) is 0 Å². The molecule has 0 heterocycles. The minimum atomic E-state index is 0.110. The number of rotatable bonds is 4. The van der Waals surface area contributed by atoms with E-state index in [1.807, 2.05) is 6.92 Å². The van der Waals surface area contributed by atoms with Gasteiger partial charge in [-0.25, -0.2) is 0 Å². The van der Waals surface area contributed by atoms with E-state index in [4.69, 9.17) is 10.5 Å². The van der Waals surface area contributed by atoms with E-state index in [-0.39, 0.29) is 6.10 Å². The fourth-order valence-electron chi connectivity index (χ4n) is 1.72. The summed E-state index contributed by atoms with van der Waals surface area (Å²) in [6, 6.07) is 14.6. The first-order chi connectivity index (χ1) is 7.81. The Kier molecular flexibility index (Phi) is 3.54. The molecule has 2 N–H and O–H groups in total. The molecule has 0 amide bonds. The molecule has 16 heavy (non-hydrogen) atoms. The summed E-state index contributed by atoms with van der Waals surface area (Å²) < 4.78 is 5.66. The summed E-state index contributed by atoms with van der Waals surface area (Å²) in [5.41, 5.74) is 6.74. The molecular formula is C14H17NO. The highest BCUT2D eigenvalue weighted by molar-refractivity contribution is 5.85. The van der Waals surface area contributed by atoms with Crippen molar-refractivity contribution in [3.05, 3.63) is 48.0 Å². The van der Waals surface area contributed by atoms with Crippen LogP contribution in [0.2, 0.25) is 0 Å². The van der Waals surface area contributed by atoms with Crippen LogP contribution in [0.25, 0.3) is 10.8 Å². The third-order valence-electron chi connectivity index (χ3n) is 2.74. The summed E-state index contributed by atoms with van der Waals surface area (Å²) in [4.78, 5) is 0. The smallest absolute Gasteiger partial charge is 0.0727 e. The highest BCUT2D eigenvalue weighted by Crippen LogP contribution is 2.19. The summed E-state index contributed by atoms with van der Waals surface area (Å²) in [5.74, 6) is 0. The van der Waals surface area contributed by atoms with Gasteiger partial charge in [0.15, 0.2) is 0 Å². The van der Waals surface area contributed by atoms with Gasteiger partial charge in [-0.3, -0.25) is 0 Å². The Morgan fingerprint density at radius 2 is 1.88 bits per heavy atom. The summed E-state index contributed by atoms with van der Waals surface area (Å²) in [6.07, 6.45) is 0.110.